The third-order valence-corrected chi connectivity index (χ3v) is 6.93. The van der Waals surface area contributed by atoms with Crippen LogP contribution < -0.4 is 0 Å². The Bertz CT molecular complexity index is 1070. The summed E-state index contributed by atoms with van der Waals surface area (Å²) in [7, 11) is 2.00. The number of aryl methyl sites for hydroxylation is 2. The maximum atomic E-state index is 11.5. The molecule has 0 unspecified atom stereocenters. The lowest BCUT2D eigenvalue weighted by molar-refractivity contribution is 0.0696. The standard InChI is InChI=1S/C23H25ClN2O2S/c1-14-9-10-16(11-15(14)2)23(3,4)20-12-25-22(26(20)5)29-13-18-17(21(27)28)7-6-8-19(18)24/h6-12H,13H2,1-5H3,(H,27,28). The molecule has 3 rings (SSSR count). The highest BCUT2D eigenvalue weighted by atomic mass is 35.5. The molecule has 0 saturated heterocycles. The molecule has 0 saturated carbocycles. The molecule has 6 heteroatoms. The van der Waals surface area contributed by atoms with Crippen molar-refractivity contribution in [3.63, 3.8) is 0 Å². The van der Waals surface area contributed by atoms with Crippen LogP contribution in [0.2, 0.25) is 5.02 Å². The molecule has 0 radical (unpaired) electrons. The van der Waals surface area contributed by atoms with Crippen LogP contribution in [0, 0.1) is 13.8 Å². The summed E-state index contributed by atoms with van der Waals surface area (Å²) in [5.74, 6) is -0.533. The maximum Gasteiger partial charge on any atom is 0.336 e. The summed E-state index contributed by atoms with van der Waals surface area (Å²) < 4.78 is 2.08. The zero-order valence-electron chi connectivity index (χ0n) is 17.3. The van der Waals surface area contributed by atoms with Crippen LogP contribution in [-0.2, 0) is 18.2 Å². The number of carboxylic acids is 1. The predicted molar refractivity (Wildman–Crippen MR) is 119 cm³/mol. The lowest BCUT2D eigenvalue weighted by Gasteiger charge is -2.27. The van der Waals surface area contributed by atoms with Gasteiger partial charge in [-0.05, 0) is 48.2 Å². The molecule has 0 aliphatic carbocycles. The third-order valence-electron chi connectivity index (χ3n) is 5.51. The van der Waals surface area contributed by atoms with Crippen molar-refractivity contribution in [1.82, 2.24) is 9.55 Å². The Kier molecular flexibility index (Phi) is 6.11. The molecule has 0 atom stereocenters. The molecular weight excluding hydrogens is 404 g/mol. The molecule has 0 fully saturated rings. The fourth-order valence-electron chi connectivity index (χ4n) is 3.43. The average molecular weight is 429 g/mol. The highest BCUT2D eigenvalue weighted by molar-refractivity contribution is 7.98. The number of rotatable bonds is 6. The van der Waals surface area contributed by atoms with Crippen LogP contribution >= 0.6 is 23.4 Å². The van der Waals surface area contributed by atoms with Crippen LogP contribution in [0.25, 0.3) is 0 Å². The monoisotopic (exact) mass is 428 g/mol. The van der Waals surface area contributed by atoms with E-state index < -0.39 is 5.97 Å². The number of aromatic nitrogens is 2. The van der Waals surface area contributed by atoms with Gasteiger partial charge in [-0.3, -0.25) is 0 Å². The van der Waals surface area contributed by atoms with E-state index in [-0.39, 0.29) is 11.0 Å². The van der Waals surface area contributed by atoms with E-state index >= 15 is 0 Å². The lowest BCUT2D eigenvalue weighted by Crippen LogP contribution is -2.22. The first-order valence-corrected chi connectivity index (χ1v) is 10.7. The molecule has 0 spiro atoms. The second-order valence-electron chi connectivity index (χ2n) is 7.77. The summed E-state index contributed by atoms with van der Waals surface area (Å²) in [6.45, 7) is 8.63. The Hall–Kier alpha value is -2.24. The molecule has 152 valence electrons. The summed E-state index contributed by atoms with van der Waals surface area (Å²) in [6, 6.07) is 11.5. The minimum Gasteiger partial charge on any atom is -0.478 e. The molecule has 1 heterocycles. The molecule has 1 aromatic heterocycles. The Balaban J connectivity index is 1.89. The molecule has 29 heavy (non-hydrogen) atoms. The van der Waals surface area contributed by atoms with Gasteiger partial charge in [0.25, 0.3) is 0 Å². The summed E-state index contributed by atoms with van der Waals surface area (Å²) in [6.07, 6.45) is 1.90. The molecule has 4 nitrogen and oxygen atoms in total. The van der Waals surface area contributed by atoms with Gasteiger partial charge >= 0.3 is 5.97 Å². The second kappa shape index (κ2) is 8.25. The summed E-state index contributed by atoms with van der Waals surface area (Å²) >= 11 is 7.75. The van der Waals surface area contributed by atoms with E-state index in [9.17, 15) is 9.90 Å². The number of aromatic carboxylic acids is 1. The normalized spacial score (nSPS) is 11.7. The number of nitrogens with zero attached hydrogens (tertiary/aromatic N) is 2. The first kappa shape index (κ1) is 21.5. The van der Waals surface area contributed by atoms with Crippen molar-refractivity contribution in [1.29, 1.82) is 0 Å². The Morgan fingerprint density at radius 2 is 1.93 bits per heavy atom. The van der Waals surface area contributed by atoms with E-state index in [0.29, 0.717) is 16.3 Å². The summed E-state index contributed by atoms with van der Waals surface area (Å²) in [4.78, 5) is 16.1. The Labute approximate surface area is 180 Å². The number of thioether (sulfide) groups is 1. The van der Waals surface area contributed by atoms with E-state index in [0.717, 1.165) is 10.9 Å². The molecule has 3 aromatic rings. The molecular formula is C23H25ClN2O2S. The first-order valence-electron chi connectivity index (χ1n) is 9.36. The third kappa shape index (κ3) is 4.21. The highest BCUT2D eigenvalue weighted by Crippen LogP contribution is 2.35. The number of carboxylic acid groups (broad SMARTS) is 1. The molecule has 0 aliphatic heterocycles. The fraction of sp³-hybridized carbons (Fsp3) is 0.304. The zero-order chi connectivity index (χ0) is 21.3. The number of halogens is 1. The lowest BCUT2D eigenvalue weighted by atomic mass is 9.80. The van der Waals surface area contributed by atoms with E-state index in [1.165, 1.54) is 28.5 Å². The smallest absolute Gasteiger partial charge is 0.336 e. The van der Waals surface area contributed by atoms with Crippen LogP contribution in [-0.4, -0.2) is 20.6 Å². The Morgan fingerprint density at radius 1 is 1.21 bits per heavy atom. The molecule has 2 aromatic carbocycles. The molecule has 0 amide bonds. The van der Waals surface area contributed by atoms with Gasteiger partial charge in [0.2, 0.25) is 0 Å². The van der Waals surface area contributed by atoms with Crippen molar-refractivity contribution in [3.05, 3.63) is 81.1 Å². The predicted octanol–water partition coefficient (Wildman–Crippen LogP) is 6.01. The Morgan fingerprint density at radius 3 is 2.59 bits per heavy atom. The summed E-state index contributed by atoms with van der Waals surface area (Å²) in [5.41, 5.74) is 5.52. The second-order valence-corrected chi connectivity index (χ2v) is 9.12. The van der Waals surface area contributed by atoms with Gasteiger partial charge in [-0.1, -0.05) is 61.5 Å². The highest BCUT2D eigenvalue weighted by Gasteiger charge is 2.28. The number of hydrogen-bond donors (Lipinski definition) is 1. The quantitative estimate of drug-likeness (QED) is 0.488. The number of hydrogen-bond acceptors (Lipinski definition) is 3. The number of carbonyl (C=O) groups is 1. The largest absolute Gasteiger partial charge is 0.478 e. The van der Waals surface area contributed by atoms with Crippen molar-refractivity contribution in [2.45, 2.75) is 44.0 Å². The molecule has 1 N–H and O–H groups in total. The van der Waals surface area contributed by atoms with Gasteiger partial charge < -0.3 is 9.67 Å². The van der Waals surface area contributed by atoms with Gasteiger partial charge in [0.15, 0.2) is 5.16 Å². The van der Waals surface area contributed by atoms with Gasteiger partial charge in [0, 0.05) is 28.9 Å². The van der Waals surface area contributed by atoms with Gasteiger partial charge in [-0.2, -0.15) is 0 Å². The van der Waals surface area contributed by atoms with Gasteiger partial charge in [-0.25, -0.2) is 9.78 Å². The summed E-state index contributed by atoms with van der Waals surface area (Å²) in [5, 5.41) is 10.7. The van der Waals surface area contributed by atoms with Crippen molar-refractivity contribution >= 4 is 29.3 Å². The van der Waals surface area contributed by atoms with Crippen LogP contribution in [0.15, 0.2) is 47.8 Å². The van der Waals surface area contributed by atoms with Gasteiger partial charge in [0.1, 0.15) is 0 Å². The van der Waals surface area contributed by atoms with Crippen LogP contribution in [0.5, 0.6) is 0 Å². The van der Waals surface area contributed by atoms with Gasteiger partial charge in [0.05, 0.1) is 11.8 Å². The van der Waals surface area contributed by atoms with E-state index in [4.69, 9.17) is 11.6 Å². The van der Waals surface area contributed by atoms with E-state index in [2.05, 4.69) is 55.4 Å². The first-order chi connectivity index (χ1) is 13.6. The SMILES string of the molecule is Cc1ccc(C(C)(C)c2cnc(SCc3c(Cl)cccc3C(=O)O)n2C)cc1C. The van der Waals surface area contributed by atoms with E-state index in [1.54, 1.807) is 18.2 Å². The zero-order valence-corrected chi connectivity index (χ0v) is 18.9. The number of imidazole rings is 1. The average Bonchev–Trinajstić information content (AvgIpc) is 3.03. The fourth-order valence-corrected chi connectivity index (χ4v) is 4.75. The molecule has 0 aliphatic rings. The topological polar surface area (TPSA) is 55.1 Å². The van der Waals surface area contributed by atoms with Crippen molar-refractivity contribution in [2.24, 2.45) is 7.05 Å². The minimum atomic E-state index is -0.973. The maximum absolute atomic E-state index is 11.5. The van der Waals surface area contributed by atoms with Crippen molar-refractivity contribution in [3.8, 4) is 0 Å². The van der Waals surface area contributed by atoms with Crippen LogP contribution in [0.1, 0.15) is 52.2 Å². The van der Waals surface area contributed by atoms with Crippen molar-refractivity contribution < 1.29 is 9.90 Å². The minimum absolute atomic E-state index is 0.213. The number of benzene rings is 2. The van der Waals surface area contributed by atoms with Crippen molar-refractivity contribution in [2.75, 3.05) is 0 Å². The van der Waals surface area contributed by atoms with E-state index in [1.807, 2.05) is 13.2 Å². The molecule has 0 bridgehead atoms. The van der Waals surface area contributed by atoms with Crippen LogP contribution in [0.3, 0.4) is 0 Å². The van der Waals surface area contributed by atoms with Gasteiger partial charge in [-0.15, -0.1) is 0 Å². The van der Waals surface area contributed by atoms with Crippen LogP contribution in [0.4, 0.5) is 0 Å².